The van der Waals surface area contributed by atoms with Gasteiger partial charge >= 0.3 is 5.97 Å². The summed E-state index contributed by atoms with van der Waals surface area (Å²) in [6, 6.07) is 7.23. The molecule has 1 atom stereocenters. The molecule has 0 bridgehead atoms. The minimum absolute atomic E-state index is 0.0410. The number of carboxylic acid groups (broad SMARTS) is 1. The monoisotopic (exact) mass is 421 g/mol. The molecule has 2 aromatic carbocycles. The third-order valence-corrected chi connectivity index (χ3v) is 5.84. The molecule has 3 heterocycles. The van der Waals surface area contributed by atoms with Crippen LogP contribution in [0.15, 0.2) is 53.4 Å². The molecule has 0 spiro atoms. The first-order valence-electron chi connectivity index (χ1n) is 9.99. The third-order valence-electron chi connectivity index (χ3n) is 5.84. The van der Waals surface area contributed by atoms with E-state index in [1.807, 2.05) is 12.1 Å². The van der Waals surface area contributed by atoms with Crippen molar-refractivity contribution in [3.8, 4) is 5.75 Å². The number of nitrogens with one attached hydrogen (secondary N) is 1. The maximum Gasteiger partial charge on any atom is 0.339 e. The van der Waals surface area contributed by atoms with Gasteiger partial charge in [0, 0.05) is 60.3 Å². The van der Waals surface area contributed by atoms with Crippen molar-refractivity contribution >= 4 is 27.7 Å². The molecule has 0 amide bonds. The fraction of sp³-hybridized carbons (Fsp3) is 0.217. The number of piperazine rings is 1. The maximum absolute atomic E-state index is 14.1. The summed E-state index contributed by atoms with van der Waals surface area (Å²) in [5.41, 5.74) is 1.52. The molecule has 0 radical (unpaired) electrons. The van der Waals surface area contributed by atoms with Crippen LogP contribution in [-0.2, 0) is 0 Å². The molecule has 7 nitrogen and oxygen atoms in total. The van der Waals surface area contributed by atoms with Crippen molar-refractivity contribution in [3.05, 3.63) is 71.5 Å². The first kappa shape index (κ1) is 19.5. The third kappa shape index (κ3) is 3.20. The molecular weight excluding hydrogens is 401 g/mol. The highest BCUT2D eigenvalue weighted by Crippen LogP contribution is 2.46. The number of hydrogen-bond acceptors (Lipinski definition) is 6. The zero-order valence-electron chi connectivity index (χ0n) is 16.5. The van der Waals surface area contributed by atoms with Crippen molar-refractivity contribution in [2.45, 2.75) is 6.04 Å². The molecule has 8 heteroatoms. The van der Waals surface area contributed by atoms with Crippen LogP contribution in [0.1, 0.15) is 27.5 Å². The minimum Gasteiger partial charge on any atom is -0.507 e. The number of aromatic nitrogens is 1. The molecule has 5 rings (SSSR count). The molecule has 1 fully saturated rings. The second kappa shape index (κ2) is 7.64. The summed E-state index contributed by atoms with van der Waals surface area (Å²) in [6.07, 6.45) is 4.50. The number of carbonyl (C=O) groups is 1. The summed E-state index contributed by atoms with van der Waals surface area (Å²) in [5, 5.41) is 25.6. The van der Waals surface area contributed by atoms with Gasteiger partial charge in [0.05, 0.1) is 6.04 Å². The Balaban J connectivity index is 1.90. The Bertz CT molecular complexity index is 1280. The molecule has 1 aliphatic rings. The normalized spacial score (nSPS) is 16.0. The number of furan rings is 1. The second-order valence-corrected chi connectivity index (χ2v) is 7.58. The first-order valence-corrected chi connectivity index (χ1v) is 9.99. The fourth-order valence-corrected chi connectivity index (χ4v) is 4.47. The summed E-state index contributed by atoms with van der Waals surface area (Å²) < 4.78 is 19.8. The largest absolute Gasteiger partial charge is 0.507 e. The van der Waals surface area contributed by atoms with Crippen LogP contribution in [0.2, 0.25) is 0 Å². The van der Waals surface area contributed by atoms with Gasteiger partial charge in [0.1, 0.15) is 29.0 Å². The molecule has 2 aromatic heterocycles. The number of pyridine rings is 1. The van der Waals surface area contributed by atoms with Crippen molar-refractivity contribution in [3.63, 3.8) is 0 Å². The molecule has 1 aliphatic heterocycles. The predicted octanol–water partition coefficient (Wildman–Crippen LogP) is 3.52. The topological polar surface area (TPSA) is 98.8 Å². The first-order chi connectivity index (χ1) is 15.1. The minimum atomic E-state index is -1.16. The number of carboxylic acids is 1. The number of fused-ring (bicyclic) bond motifs is 3. The highest BCUT2D eigenvalue weighted by Gasteiger charge is 2.32. The molecular formula is C23H20FN3O4. The summed E-state index contributed by atoms with van der Waals surface area (Å²) in [5.74, 6) is -1.80. The van der Waals surface area contributed by atoms with E-state index >= 15 is 0 Å². The summed E-state index contributed by atoms with van der Waals surface area (Å²) in [6.45, 7) is 2.89. The lowest BCUT2D eigenvalue weighted by Gasteiger charge is -2.36. The lowest BCUT2D eigenvalue weighted by atomic mass is 9.89. The van der Waals surface area contributed by atoms with E-state index in [0.717, 1.165) is 18.7 Å². The Hall–Kier alpha value is -3.49. The molecule has 0 saturated carbocycles. The maximum atomic E-state index is 14.1. The van der Waals surface area contributed by atoms with Gasteiger partial charge in [-0.25, -0.2) is 9.18 Å². The molecule has 31 heavy (non-hydrogen) atoms. The number of benzene rings is 2. The van der Waals surface area contributed by atoms with E-state index in [0.29, 0.717) is 35.0 Å². The molecule has 0 aliphatic carbocycles. The van der Waals surface area contributed by atoms with E-state index in [1.54, 1.807) is 12.4 Å². The van der Waals surface area contributed by atoms with Gasteiger partial charge in [-0.05, 0) is 35.9 Å². The van der Waals surface area contributed by atoms with E-state index in [4.69, 9.17) is 4.42 Å². The Morgan fingerprint density at radius 2 is 1.90 bits per heavy atom. The number of aromatic carboxylic acids is 1. The lowest BCUT2D eigenvalue weighted by molar-refractivity contribution is 0.0698. The van der Waals surface area contributed by atoms with Crippen LogP contribution in [0, 0.1) is 5.82 Å². The van der Waals surface area contributed by atoms with Gasteiger partial charge in [0.2, 0.25) is 0 Å². The molecule has 1 saturated heterocycles. The Morgan fingerprint density at radius 1 is 1.16 bits per heavy atom. The van der Waals surface area contributed by atoms with Crippen LogP contribution >= 0.6 is 0 Å². The predicted molar refractivity (Wildman–Crippen MR) is 113 cm³/mol. The van der Waals surface area contributed by atoms with Gasteiger partial charge in [-0.2, -0.15) is 0 Å². The van der Waals surface area contributed by atoms with E-state index in [2.05, 4.69) is 15.2 Å². The summed E-state index contributed by atoms with van der Waals surface area (Å²) in [7, 11) is 0. The van der Waals surface area contributed by atoms with Crippen molar-refractivity contribution in [2.75, 3.05) is 26.2 Å². The Morgan fingerprint density at radius 3 is 2.61 bits per heavy atom. The van der Waals surface area contributed by atoms with Gasteiger partial charge in [-0.15, -0.1) is 0 Å². The zero-order chi connectivity index (χ0) is 21.5. The summed E-state index contributed by atoms with van der Waals surface area (Å²) >= 11 is 0. The van der Waals surface area contributed by atoms with Gasteiger partial charge in [-0.3, -0.25) is 9.88 Å². The molecule has 158 valence electrons. The van der Waals surface area contributed by atoms with Gasteiger partial charge in [0.25, 0.3) is 0 Å². The van der Waals surface area contributed by atoms with Gasteiger partial charge in [-0.1, -0.05) is 0 Å². The van der Waals surface area contributed by atoms with Crippen molar-refractivity contribution < 1.29 is 23.8 Å². The molecule has 4 aromatic rings. The number of aromatic hydroxyl groups is 1. The Labute approximate surface area is 176 Å². The van der Waals surface area contributed by atoms with Crippen LogP contribution in [0.4, 0.5) is 4.39 Å². The smallest absolute Gasteiger partial charge is 0.339 e. The lowest BCUT2D eigenvalue weighted by Crippen LogP contribution is -2.45. The van der Waals surface area contributed by atoms with E-state index in [9.17, 15) is 19.4 Å². The number of rotatable bonds is 4. The van der Waals surface area contributed by atoms with Crippen LogP contribution in [0.5, 0.6) is 5.75 Å². The van der Waals surface area contributed by atoms with Crippen LogP contribution in [0.25, 0.3) is 21.7 Å². The summed E-state index contributed by atoms with van der Waals surface area (Å²) in [4.78, 5) is 18.3. The van der Waals surface area contributed by atoms with Crippen molar-refractivity contribution in [1.82, 2.24) is 15.2 Å². The SMILES string of the molecule is O=C(O)c1coc2c1c(C(c1ccncc1)N1CCNCC1)c(O)c1cc(F)ccc12. The van der Waals surface area contributed by atoms with Crippen LogP contribution < -0.4 is 5.32 Å². The standard InChI is InChI=1S/C23H20FN3O4/c24-14-1-2-15-16(11-14)21(28)19(18-17(23(29)30)12-31-22(15)18)20(13-3-5-25-6-4-13)27-9-7-26-8-10-27/h1-6,11-12,20,26,28H,7-10H2,(H,29,30). The number of phenolic OH excluding ortho intramolecular Hbond substituents is 1. The van der Waals surface area contributed by atoms with E-state index in [-0.39, 0.29) is 16.7 Å². The average molecular weight is 421 g/mol. The second-order valence-electron chi connectivity index (χ2n) is 7.58. The highest BCUT2D eigenvalue weighted by molar-refractivity contribution is 6.15. The molecule has 1 unspecified atom stereocenters. The van der Waals surface area contributed by atoms with Gasteiger partial charge < -0.3 is 19.9 Å². The zero-order valence-corrected chi connectivity index (χ0v) is 16.5. The number of hydrogen-bond donors (Lipinski definition) is 3. The van der Waals surface area contributed by atoms with Gasteiger partial charge in [0.15, 0.2) is 0 Å². The van der Waals surface area contributed by atoms with Crippen LogP contribution in [0.3, 0.4) is 0 Å². The van der Waals surface area contributed by atoms with Crippen molar-refractivity contribution in [2.24, 2.45) is 0 Å². The number of halogens is 1. The quantitative estimate of drug-likeness (QED) is 0.464. The fourth-order valence-electron chi connectivity index (χ4n) is 4.47. The van der Waals surface area contributed by atoms with E-state index < -0.39 is 17.8 Å². The Kier molecular flexibility index (Phi) is 4.80. The average Bonchev–Trinajstić information content (AvgIpc) is 3.23. The van der Waals surface area contributed by atoms with E-state index in [1.165, 1.54) is 24.5 Å². The van der Waals surface area contributed by atoms with Crippen LogP contribution in [-0.4, -0.2) is 52.2 Å². The number of nitrogens with zero attached hydrogens (tertiary/aromatic N) is 2. The van der Waals surface area contributed by atoms with Crippen molar-refractivity contribution in [1.29, 1.82) is 0 Å². The number of phenols is 1. The molecule has 3 N–H and O–H groups in total. The highest BCUT2D eigenvalue weighted by atomic mass is 19.1.